The first-order chi connectivity index (χ1) is 16.5. The SMILES string of the molecule is COc1ccc(C(CNC(=O)c2cc3c(cc2[N+](=O)[O-])OCCO3)N2CCOCC2)cc1OC. The molecule has 2 aliphatic rings. The fourth-order valence-corrected chi connectivity index (χ4v) is 4.10. The summed E-state index contributed by atoms with van der Waals surface area (Å²) in [6, 6.07) is 8.00. The van der Waals surface area contributed by atoms with Crippen LogP contribution in [0.25, 0.3) is 0 Å². The van der Waals surface area contributed by atoms with Crippen molar-refractivity contribution in [2.75, 3.05) is 60.3 Å². The van der Waals surface area contributed by atoms with E-state index in [2.05, 4.69) is 10.2 Å². The molecule has 4 rings (SSSR count). The molecule has 2 aliphatic heterocycles. The predicted molar refractivity (Wildman–Crippen MR) is 121 cm³/mol. The molecule has 0 radical (unpaired) electrons. The van der Waals surface area contributed by atoms with Gasteiger partial charge in [-0.3, -0.25) is 19.8 Å². The number of methoxy groups -OCH3 is 2. The van der Waals surface area contributed by atoms with Gasteiger partial charge in [0.25, 0.3) is 11.6 Å². The molecule has 182 valence electrons. The Balaban J connectivity index is 1.59. The molecule has 1 saturated heterocycles. The molecular formula is C23H27N3O8. The number of nitrogens with one attached hydrogen (secondary N) is 1. The number of fused-ring (bicyclic) bond motifs is 1. The van der Waals surface area contributed by atoms with Crippen molar-refractivity contribution in [1.82, 2.24) is 10.2 Å². The van der Waals surface area contributed by atoms with E-state index >= 15 is 0 Å². The summed E-state index contributed by atoms with van der Waals surface area (Å²) in [5, 5.41) is 14.5. The molecule has 2 aromatic carbocycles. The fourth-order valence-electron chi connectivity index (χ4n) is 4.10. The van der Waals surface area contributed by atoms with Gasteiger partial charge in [-0.15, -0.1) is 0 Å². The zero-order valence-electron chi connectivity index (χ0n) is 19.1. The number of morpholine rings is 1. The lowest BCUT2D eigenvalue weighted by atomic mass is 10.0. The Morgan fingerprint density at radius 2 is 1.74 bits per heavy atom. The third-order valence-electron chi connectivity index (χ3n) is 5.84. The number of nitrogens with zero attached hydrogens (tertiary/aromatic N) is 2. The maximum absolute atomic E-state index is 13.1. The zero-order valence-corrected chi connectivity index (χ0v) is 19.1. The van der Waals surface area contributed by atoms with E-state index in [1.54, 1.807) is 14.2 Å². The molecule has 1 atom stereocenters. The van der Waals surface area contributed by atoms with Crippen molar-refractivity contribution in [2.45, 2.75) is 6.04 Å². The van der Waals surface area contributed by atoms with Gasteiger partial charge < -0.3 is 29.0 Å². The summed E-state index contributed by atoms with van der Waals surface area (Å²) in [5.41, 5.74) is 0.495. The third-order valence-corrected chi connectivity index (χ3v) is 5.84. The van der Waals surface area contributed by atoms with Crippen molar-refractivity contribution in [3.8, 4) is 23.0 Å². The lowest BCUT2D eigenvalue weighted by Crippen LogP contribution is -2.43. The van der Waals surface area contributed by atoms with Crippen molar-refractivity contribution in [1.29, 1.82) is 0 Å². The number of hydrogen-bond acceptors (Lipinski definition) is 9. The van der Waals surface area contributed by atoms with Crippen molar-refractivity contribution < 1.29 is 33.4 Å². The van der Waals surface area contributed by atoms with Crippen LogP contribution < -0.4 is 24.3 Å². The van der Waals surface area contributed by atoms with Gasteiger partial charge in [0.1, 0.15) is 18.8 Å². The summed E-state index contributed by atoms with van der Waals surface area (Å²) in [5.74, 6) is 1.18. The van der Waals surface area contributed by atoms with Crippen LogP contribution in [0.3, 0.4) is 0 Å². The van der Waals surface area contributed by atoms with Crippen molar-refractivity contribution >= 4 is 11.6 Å². The third kappa shape index (κ3) is 5.00. The molecule has 0 spiro atoms. The molecule has 1 N–H and O–H groups in total. The summed E-state index contributed by atoms with van der Waals surface area (Å²) >= 11 is 0. The van der Waals surface area contributed by atoms with Gasteiger partial charge in [-0.2, -0.15) is 0 Å². The first-order valence-electron chi connectivity index (χ1n) is 10.9. The zero-order chi connectivity index (χ0) is 24.1. The highest BCUT2D eigenvalue weighted by atomic mass is 16.6. The van der Waals surface area contributed by atoms with Gasteiger partial charge in [-0.1, -0.05) is 6.07 Å². The molecule has 0 aromatic heterocycles. The molecule has 1 unspecified atom stereocenters. The molecule has 0 bridgehead atoms. The van der Waals surface area contributed by atoms with Crippen LogP contribution in [0.2, 0.25) is 0 Å². The quantitative estimate of drug-likeness (QED) is 0.454. The minimum absolute atomic E-state index is 0.0812. The van der Waals surface area contributed by atoms with Gasteiger partial charge in [0, 0.05) is 25.7 Å². The molecule has 11 heteroatoms. The van der Waals surface area contributed by atoms with Crippen molar-refractivity contribution in [3.63, 3.8) is 0 Å². The minimum atomic E-state index is -0.596. The minimum Gasteiger partial charge on any atom is -0.493 e. The van der Waals surface area contributed by atoms with Crippen LogP contribution in [0.4, 0.5) is 5.69 Å². The number of nitro benzene ring substituents is 1. The second-order valence-corrected chi connectivity index (χ2v) is 7.76. The van der Waals surface area contributed by atoms with E-state index in [4.69, 9.17) is 23.7 Å². The maximum Gasteiger partial charge on any atom is 0.286 e. The number of nitro groups is 1. The Hall–Kier alpha value is -3.57. The van der Waals surface area contributed by atoms with Gasteiger partial charge in [0.05, 0.1) is 44.5 Å². The second-order valence-electron chi connectivity index (χ2n) is 7.76. The molecule has 2 heterocycles. The molecule has 11 nitrogen and oxygen atoms in total. The highest BCUT2D eigenvalue weighted by Gasteiger charge is 2.29. The molecule has 0 saturated carbocycles. The maximum atomic E-state index is 13.1. The van der Waals surface area contributed by atoms with E-state index < -0.39 is 10.8 Å². The largest absolute Gasteiger partial charge is 0.493 e. The summed E-state index contributed by atoms with van der Waals surface area (Å²) in [6.07, 6.45) is 0. The summed E-state index contributed by atoms with van der Waals surface area (Å²) < 4.78 is 27.2. The number of rotatable bonds is 8. The summed E-state index contributed by atoms with van der Waals surface area (Å²) in [4.78, 5) is 26.3. The molecule has 0 aliphatic carbocycles. The van der Waals surface area contributed by atoms with Crippen molar-refractivity contribution in [3.05, 3.63) is 51.6 Å². The predicted octanol–water partition coefficient (Wildman–Crippen LogP) is 2.19. The van der Waals surface area contributed by atoms with Gasteiger partial charge in [0.2, 0.25) is 0 Å². The van der Waals surface area contributed by atoms with Crippen LogP contribution in [0.1, 0.15) is 22.0 Å². The van der Waals surface area contributed by atoms with Crippen LogP contribution in [0, 0.1) is 10.1 Å². The van der Waals surface area contributed by atoms with Crippen LogP contribution in [0.15, 0.2) is 30.3 Å². The van der Waals surface area contributed by atoms with E-state index in [1.165, 1.54) is 12.1 Å². The van der Waals surface area contributed by atoms with E-state index in [0.29, 0.717) is 56.8 Å². The molecule has 2 aromatic rings. The second kappa shape index (κ2) is 10.6. The monoisotopic (exact) mass is 473 g/mol. The summed E-state index contributed by atoms with van der Waals surface area (Å²) in [7, 11) is 3.13. The van der Waals surface area contributed by atoms with Gasteiger partial charge in [0.15, 0.2) is 23.0 Å². The van der Waals surface area contributed by atoms with E-state index in [1.807, 2.05) is 18.2 Å². The number of amides is 1. The van der Waals surface area contributed by atoms with Gasteiger partial charge in [-0.25, -0.2) is 0 Å². The highest BCUT2D eigenvalue weighted by Crippen LogP contribution is 2.37. The topological polar surface area (TPSA) is 122 Å². The molecule has 1 amide bonds. The molecule has 34 heavy (non-hydrogen) atoms. The highest BCUT2D eigenvalue weighted by molar-refractivity contribution is 5.99. The van der Waals surface area contributed by atoms with Crippen LogP contribution in [0.5, 0.6) is 23.0 Å². The number of hydrogen-bond donors (Lipinski definition) is 1. The number of ether oxygens (including phenoxy) is 5. The van der Waals surface area contributed by atoms with E-state index in [-0.39, 0.29) is 29.6 Å². The van der Waals surface area contributed by atoms with Gasteiger partial charge in [-0.05, 0) is 17.7 Å². The van der Waals surface area contributed by atoms with E-state index in [0.717, 1.165) is 5.56 Å². The lowest BCUT2D eigenvalue weighted by Gasteiger charge is -2.35. The average molecular weight is 473 g/mol. The smallest absolute Gasteiger partial charge is 0.286 e. The first-order valence-corrected chi connectivity index (χ1v) is 10.9. The Labute approximate surface area is 196 Å². The Morgan fingerprint density at radius 1 is 1.06 bits per heavy atom. The van der Waals surface area contributed by atoms with Crippen molar-refractivity contribution in [2.24, 2.45) is 0 Å². The Kier molecular flexibility index (Phi) is 7.33. The normalized spacial score (nSPS) is 16.4. The van der Waals surface area contributed by atoms with Crippen LogP contribution in [-0.2, 0) is 4.74 Å². The fraction of sp³-hybridized carbons (Fsp3) is 0.435. The lowest BCUT2D eigenvalue weighted by molar-refractivity contribution is -0.385. The van der Waals surface area contributed by atoms with E-state index in [9.17, 15) is 14.9 Å². The Bertz CT molecular complexity index is 1050. The Morgan fingerprint density at radius 3 is 2.38 bits per heavy atom. The molecule has 1 fully saturated rings. The number of carbonyl (C=O) groups excluding carboxylic acids is 1. The standard InChI is InChI=1S/C23H27N3O8/c1-30-19-4-3-15(11-20(19)31-2)18(25-5-7-32-8-6-25)14-24-23(27)16-12-21-22(34-10-9-33-21)13-17(16)26(28)29/h3-4,11-13,18H,5-10,14H2,1-2H3,(H,24,27). The van der Waals surface area contributed by atoms with Gasteiger partial charge >= 0.3 is 0 Å². The number of carbonyl (C=O) groups is 1. The molecular weight excluding hydrogens is 446 g/mol. The average Bonchev–Trinajstić information content (AvgIpc) is 2.88. The first kappa shape index (κ1) is 23.6. The number of benzene rings is 2. The van der Waals surface area contributed by atoms with Crippen LogP contribution in [-0.4, -0.2) is 76.0 Å². The van der Waals surface area contributed by atoms with Crippen LogP contribution >= 0.6 is 0 Å². The summed E-state index contributed by atoms with van der Waals surface area (Å²) in [6.45, 7) is 3.33.